The topological polar surface area (TPSA) is 61.3 Å². The lowest BCUT2D eigenvalue weighted by molar-refractivity contribution is 0.355. The molecule has 1 aromatic carbocycles. The molecule has 4 heteroatoms. The molecule has 0 saturated carbocycles. The first-order valence-electron chi connectivity index (χ1n) is 3.46. The van der Waals surface area contributed by atoms with Crippen molar-refractivity contribution in [3.05, 3.63) is 24.3 Å². The lowest BCUT2D eigenvalue weighted by Gasteiger charge is -2.02. The molecule has 0 atom stereocenters. The summed E-state index contributed by atoms with van der Waals surface area (Å²) in [5, 5.41) is 0. The number of anilines is 1. The lowest BCUT2D eigenvalue weighted by Crippen LogP contribution is -2.23. The molecule has 3 nitrogen and oxygen atoms in total. The van der Waals surface area contributed by atoms with Crippen LogP contribution in [0.2, 0.25) is 0 Å². The predicted molar refractivity (Wildman–Crippen MR) is 47.8 cm³/mol. The molecule has 1 rings (SSSR count). The van der Waals surface area contributed by atoms with Crippen LogP contribution in [0.1, 0.15) is 0 Å². The summed E-state index contributed by atoms with van der Waals surface area (Å²) in [6, 6.07) is 7.58. The molecule has 0 aromatic heterocycles. The van der Waals surface area contributed by atoms with Crippen molar-refractivity contribution in [3.8, 4) is 0 Å². The van der Waals surface area contributed by atoms with E-state index in [-0.39, 0.29) is 6.73 Å². The van der Waals surface area contributed by atoms with Crippen LogP contribution >= 0.6 is 0 Å². The fourth-order valence-corrected chi connectivity index (χ4v) is 0.835. The monoisotopic (exact) mass is 150 g/mol. The molecule has 11 heavy (non-hydrogen) atoms. The fraction of sp³-hybridized carbons (Fsp3) is 0.143. The summed E-state index contributed by atoms with van der Waals surface area (Å²) in [5.41, 5.74) is 12.5. The van der Waals surface area contributed by atoms with Crippen LogP contribution in [0.5, 0.6) is 0 Å². The van der Waals surface area contributed by atoms with Crippen molar-refractivity contribution in [2.75, 3.05) is 12.5 Å². The number of benzene rings is 1. The Morgan fingerprint density at radius 3 is 2.73 bits per heavy atom. The van der Waals surface area contributed by atoms with Crippen LogP contribution < -0.4 is 16.9 Å². The number of nitrogen functional groups attached to an aromatic ring is 1. The Kier molecular flexibility index (Phi) is 2.95. The summed E-state index contributed by atoms with van der Waals surface area (Å²) >= 11 is 0. The molecule has 0 radical (unpaired) electrons. The minimum absolute atomic E-state index is 0.230. The van der Waals surface area contributed by atoms with Crippen LogP contribution in [0.15, 0.2) is 24.3 Å². The van der Waals surface area contributed by atoms with Gasteiger partial charge >= 0.3 is 7.48 Å². The summed E-state index contributed by atoms with van der Waals surface area (Å²) in [6.45, 7) is 0.230. The normalized spacial score (nSPS) is 9.55. The number of nitrogens with two attached hydrogens (primary N) is 2. The average Bonchev–Trinajstić information content (AvgIpc) is 2.03. The summed E-state index contributed by atoms with van der Waals surface area (Å²) in [6.07, 6.45) is 0. The van der Waals surface area contributed by atoms with Gasteiger partial charge in [-0.15, -0.1) is 0 Å². The van der Waals surface area contributed by atoms with Crippen molar-refractivity contribution in [1.29, 1.82) is 0 Å². The zero-order chi connectivity index (χ0) is 8.10. The van der Waals surface area contributed by atoms with E-state index >= 15 is 0 Å². The van der Waals surface area contributed by atoms with Crippen LogP contribution in [-0.2, 0) is 4.65 Å². The molecule has 0 fully saturated rings. The summed E-state index contributed by atoms with van der Waals surface area (Å²) in [7, 11) is 0.489. The minimum atomic E-state index is 0.230. The Hall–Kier alpha value is -0.995. The molecule has 58 valence electrons. The fourth-order valence-electron chi connectivity index (χ4n) is 0.835. The molecule has 1 aromatic rings. The highest BCUT2D eigenvalue weighted by Crippen LogP contribution is 1.94. The summed E-state index contributed by atoms with van der Waals surface area (Å²) in [5.74, 6) is 0. The first kappa shape index (κ1) is 8.10. The van der Waals surface area contributed by atoms with Gasteiger partial charge in [0.05, 0.1) is 6.73 Å². The van der Waals surface area contributed by atoms with Crippen molar-refractivity contribution >= 4 is 18.6 Å². The predicted octanol–water partition coefficient (Wildman–Crippen LogP) is -0.822. The standard InChI is InChI=1S/C7H11BN2O/c9-5-11-8-6-3-1-2-4-7(6)10/h1-4,8H,5,9-10H2. The Morgan fingerprint density at radius 1 is 1.36 bits per heavy atom. The Morgan fingerprint density at radius 2 is 2.09 bits per heavy atom. The SMILES string of the molecule is NCOBc1ccccc1N. The summed E-state index contributed by atoms with van der Waals surface area (Å²) in [4.78, 5) is 0. The number of para-hydroxylation sites is 1. The second-order valence-corrected chi connectivity index (χ2v) is 2.21. The van der Waals surface area contributed by atoms with E-state index in [4.69, 9.17) is 16.1 Å². The molecule has 0 spiro atoms. The minimum Gasteiger partial charge on any atom is -0.422 e. The molecule has 0 aliphatic heterocycles. The van der Waals surface area contributed by atoms with Gasteiger partial charge < -0.3 is 16.1 Å². The number of hydrogen-bond acceptors (Lipinski definition) is 3. The molecule has 4 N–H and O–H groups in total. The van der Waals surface area contributed by atoms with Crippen molar-refractivity contribution in [2.45, 2.75) is 0 Å². The van der Waals surface area contributed by atoms with Gasteiger partial charge in [0.25, 0.3) is 0 Å². The van der Waals surface area contributed by atoms with Crippen molar-refractivity contribution in [2.24, 2.45) is 5.73 Å². The largest absolute Gasteiger partial charge is 0.422 e. The lowest BCUT2D eigenvalue weighted by atomic mass is 9.87. The second kappa shape index (κ2) is 4.00. The average molecular weight is 150 g/mol. The van der Waals surface area contributed by atoms with E-state index < -0.39 is 0 Å². The molecule has 0 bridgehead atoms. The van der Waals surface area contributed by atoms with Gasteiger partial charge in [-0.1, -0.05) is 18.2 Å². The first-order valence-corrected chi connectivity index (χ1v) is 3.46. The van der Waals surface area contributed by atoms with Crippen molar-refractivity contribution in [1.82, 2.24) is 0 Å². The van der Waals surface area contributed by atoms with Gasteiger partial charge in [-0.05, 0) is 11.5 Å². The van der Waals surface area contributed by atoms with Gasteiger partial charge in [0, 0.05) is 5.69 Å². The highest BCUT2D eigenvalue weighted by molar-refractivity contribution is 6.49. The second-order valence-electron chi connectivity index (χ2n) is 2.21. The van der Waals surface area contributed by atoms with Gasteiger partial charge in [0.2, 0.25) is 0 Å². The molecule has 0 saturated heterocycles. The van der Waals surface area contributed by atoms with Crippen LogP contribution in [0.25, 0.3) is 0 Å². The van der Waals surface area contributed by atoms with E-state index in [2.05, 4.69) is 0 Å². The van der Waals surface area contributed by atoms with Gasteiger partial charge in [0.15, 0.2) is 0 Å². The van der Waals surface area contributed by atoms with Crippen molar-refractivity contribution in [3.63, 3.8) is 0 Å². The molecular weight excluding hydrogens is 139 g/mol. The van der Waals surface area contributed by atoms with Gasteiger partial charge in [-0.25, -0.2) is 0 Å². The Balaban J connectivity index is 2.62. The Bertz CT molecular complexity index is 229. The van der Waals surface area contributed by atoms with Gasteiger partial charge in [0.1, 0.15) is 0 Å². The zero-order valence-corrected chi connectivity index (χ0v) is 6.29. The highest BCUT2D eigenvalue weighted by atomic mass is 16.4. The van der Waals surface area contributed by atoms with E-state index in [9.17, 15) is 0 Å². The first-order chi connectivity index (χ1) is 5.34. The van der Waals surface area contributed by atoms with E-state index in [1.165, 1.54) is 0 Å². The third-order valence-electron chi connectivity index (χ3n) is 1.43. The van der Waals surface area contributed by atoms with Gasteiger partial charge in [-0.2, -0.15) is 0 Å². The quantitative estimate of drug-likeness (QED) is 0.336. The van der Waals surface area contributed by atoms with E-state index in [0.29, 0.717) is 7.48 Å². The van der Waals surface area contributed by atoms with Crippen LogP contribution in [0.4, 0.5) is 5.69 Å². The van der Waals surface area contributed by atoms with E-state index in [0.717, 1.165) is 11.2 Å². The van der Waals surface area contributed by atoms with E-state index in [1.54, 1.807) is 0 Å². The molecule has 0 unspecified atom stereocenters. The van der Waals surface area contributed by atoms with Gasteiger partial charge in [-0.3, -0.25) is 0 Å². The Labute approximate surface area is 66.6 Å². The molecule has 0 heterocycles. The molecular formula is C7H11BN2O. The molecule has 0 amide bonds. The van der Waals surface area contributed by atoms with E-state index in [1.807, 2.05) is 24.3 Å². The maximum Gasteiger partial charge on any atom is 0.312 e. The van der Waals surface area contributed by atoms with Crippen molar-refractivity contribution < 1.29 is 4.65 Å². The maximum atomic E-state index is 5.64. The number of hydrogen-bond donors (Lipinski definition) is 2. The summed E-state index contributed by atoms with van der Waals surface area (Å²) < 4.78 is 5.00. The molecule has 0 aliphatic carbocycles. The maximum absolute atomic E-state index is 5.64. The van der Waals surface area contributed by atoms with Crippen LogP contribution in [-0.4, -0.2) is 14.2 Å². The third kappa shape index (κ3) is 2.25. The van der Waals surface area contributed by atoms with Crippen LogP contribution in [0, 0.1) is 0 Å². The smallest absolute Gasteiger partial charge is 0.312 e. The number of rotatable bonds is 3. The molecule has 0 aliphatic rings. The van der Waals surface area contributed by atoms with Crippen LogP contribution in [0.3, 0.4) is 0 Å². The highest BCUT2D eigenvalue weighted by Gasteiger charge is 1.98. The zero-order valence-electron chi connectivity index (χ0n) is 6.29. The third-order valence-corrected chi connectivity index (χ3v) is 1.43.